The van der Waals surface area contributed by atoms with Crippen LogP contribution in [-0.2, 0) is 4.79 Å². The molecule has 0 heterocycles. The van der Waals surface area contributed by atoms with Crippen molar-refractivity contribution < 1.29 is 4.79 Å². The fourth-order valence-electron chi connectivity index (χ4n) is 0.545. The number of hydrogen-bond donors (Lipinski definition) is 1. The van der Waals surface area contributed by atoms with E-state index < -0.39 is 0 Å². The maximum absolute atomic E-state index is 11.0. The maximum atomic E-state index is 11.0. The van der Waals surface area contributed by atoms with Crippen LogP contribution in [-0.4, -0.2) is 5.78 Å². The summed E-state index contributed by atoms with van der Waals surface area (Å²) in [7, 11) is 0. The Hall–Kier alpha value is 0.460. The third-order valence-electron chi connectivity index (χ3n) is 1.03. The first-order valence-electron chi connectivity index (χ1n) is 3.27. The minimum atomic E-state index is 0.0854. The fourth-order valence-corrected chi connectivity index (χ4v) is 3.06. The normalized spacial score (nSPS) is 12.1. The summed E-state index contributed by atoms with van der Waals surface area (Å²) in [5, 5.41) is 3.88. The molecule has 0 saturated heterocycles. The number of Topliss-reactive ketones (excluding diaryl/α,β-unsaturated/α-hetero) is 1. The summed E-state index contributed by atoms with van der Waals surface area (Å²) in [5.41, 5.74) is 0. The SMILES string of the molecule is C=C(NPI)S/C(=C\C)C(C)=O. The van der Waals surface area contributed by atoms with Gasteiger partial charge in [0.1, 0.15) is 0 Å². The van der Waals surface area contributed by atoms with Crippen LogP contribution in [0.15, 0.2) is 22.6 Å². The number of ketones is 1. The van der Waals surface area contributed by atoms with Crippen LogP contribution in [0.3, 0.4) is 0 Å². The third-order valence-corrected chi connectivity index (χ3v) is 3.51. The second kappa shape index (κ2) is 6.92. The van der Waals surface area contributed by atoms with Crippen molar-refractivity contribution >= 4 is 46.0 Å². The largest absolute Gasteiger partial charge is 0.353 e. The van der Waals surface area contributed by atoms with Crippen LogP contribution in [0, 0.1) is 0 Å². The molecule has 68 valence electrons. The van der Waals surface area contributed by atoms with Gasteiger partial charge >= 0.3 is 0 Å². The van der Waals surface area contributed by atoms with Gasteiger partial charge in [0.25, 0.3) is 0 Å². The number of halogens is 1. The first-order chi connectivity index (χ1) is 5.61. The van der Waals surface area contributed by atoms with E-state index in [1.165, 1.54) is 11.8 Å². The number of hydrogen-bond acceptors (Lipinski definition) is 3. The lowest BCUT2D eigenvalue weighted by Crippen LogP contribution is -1.98. The number of nitrogens with one attached hydrogen (secondary N) is 1. The highest BCUT2D eigenvalue weighted by atomic mass is 127. The molecule has 12 heavy (non-hydrogen) atoms. The average molecular weight is 315 g/mol. The number of carbonyl (C=O) groups is 1. The van der Waals surface area contributed by atoms with Crippen molar-refractivity contribution in [3.8, 4) is 0 Å². The summed E-state index contributed by atoms with van der Waals surface area (Å²) < 4.78 is 0. The number of thioether (sulfide) groups is 1. The van der Waals surface area contributed by atoms with Gasteiger partial charge in [-0.1, -0.05) is 24.4 Å². The quantitative estimate of drug-likeness (QED) is 0.480. The van der Waals surface area contributed by atoms with Crippen molar-refractivity contribution in [1.29, 1.82) is 0 Å². The molecule has 0 aliphatic heterocycles. The summed E-state index contributed by atoms with van der Waals surface area (Å²) >= 11 is 3.60. The van der Waals surface area contributed by atoms with E-state index in [1.807, 2.05) is 6.92 Å². The summed E-state index contributed by atoms with van der Waals surface area (Å²) in [6.07, 6.45) is 2.40. The molecule has 1 N–H and O–H groups in total. The molecule has 0 aliphatic carbocycles. The van der Waals surface area contributed by atoms with Crippen LogP contribution in [0.2, 0.25) is 0 Å². The Balaban J connectivity index is 4.05. The standard InChI is InChI=1S/C7H11INOPS/c1-4-7(5(2)10)12-6(3)9-11-8/h4,9,11H,3H2,1-2H3/b7-4-. The molecule has 1 atom stereocenters. The fraction of sp³-hybridized carbons (Fsp3) is 0.286. The van der Waals surface area contributed by atoms with Crippen molar-refractivity contribution in [3.63, 3.8) is 0 Å². The summed E-state index contributed by atoms with van der Waals surface area (Å²) in [6.45, 7) is 7.18. The van der Waals surface area contributed by atoms with Crippen molar-refractivity contribution in [2.24, 2.45) is 0 Å². The van der Waals surface area contributed by atoms with Crippen molar-refractivity contribution in [2.45, 2.75) is 13.8 Å². The van der Waals surface area contributed by atoms with E-state index in [0.717, 1.165) is 9.93 Å². The van der Waals surface area contributed by atoms with E-state index in [4.69, 9.17) is 0 Å². The van der Waals surface area contributed by atoms with Crippen LogP contribution >= 0.6 is 40.2 Å². The Morgan fingerprint density at radius 3 is 2.67 bits per heavy atom. The molecule has 2 nitrogen and oxygen atoms in total. The Morgan fingerprint density at radius 2 is 2.33 bits per heavy atom. The van der Waals surface area contributed by atoms with Crippen LogP contribution in [0.5, 0.6) is 0 Å². The summed E-state index contributed by atoms with van der Waals surface area (Å²) in [4.78, 5) is 11.7. The zero-order valence-electron chi connectivity index (χ0n) is 6.98. The van der Waals surface area contributed by atoms with E-state index >= 15 is 0 Å². The van der Waals surface area contributed by atoms with Crippen LogP contribution in [0.1, 0.15) is 13.8 Å². The second-order valence-corrected chi connectivity index (χ2v) is 5.15. The monoisotopic (exact) mass is 315 g/mol. The molecule has 0 bridgehead atoms. The molecule has 0 amide bonds. The minimum absolute atomic E-state index is 0.0854. The van der Waals surface area contributed by atoms with Gasteiger partial charge in [-0.15, -0.1) is 0 Å². The molecular weight excluding hydrogens is 304 g/mol. The second-order valence-electron chi connectivity index (χ2n) is 1.95. The molecule has 0 saturated carbocycles. The Morgan fingerprint density at radius 1 is 1.75 bits per heavy atom. The van der Waals surface area contributed by atoms with E-state index in [1.54, 1.807) is 13.0 Å². The van der Waals surface area contributed by atoms with Crippen LogP contribution < -0.4 is 5.09 Å². The molecule has 0 aromatic carbocycles. The number of allylic oxidation sites excluding steroid dienone is 2. The summed E-state index contributed by atoms with van der Waals surface area (Å²) in [6, 6.07) is 0. The highest BCUT2D eigenvalue weighted by Crippen LogP contribution is 2.27. The predicted molar refractivity (Wildman–Crippen MR) is 66.6 cm³/mol. The lowest BCUT2D eigenvalue weighted by Gasteiger charge is -2.05. The third kappa shape index (κ3) is 5.17. The first kappa shape index (κ1) is 12.5. The minimum Gasteiger partial charge on any atom is -0.353 e. The van der Waals surface area contributed by atoms with E-state index in [-0.39, 0.29) is 5.78 Å². The molecule has 5 heteroatoms. The summed E-state index contributed by atoms with van der Waals surface area (Å²) in [5.74, 6) is 0.0854. The van der Waals surface area contributed by atoms with E-state index in [9.17, 15) is 4.79 Å². The zero-order valence-corrected chi connectivity index (χ0v) is 11.0. The van der Waals surface area contributed by atoms with Gasteiger partial charge < -0.3 is 5.09 Å². The van der Waals surface area contributed by atoms with Gasteiger partial charge in [-0.25, -0.2) is 0 Å². The highest BCUT2D eigenvalue weighted by molar-refractivity contribution is 14.2. The van der Waals surface area contributed by atoms with Gasteiger partial charge in [0, 0.05) is 6.37 Å². The molecule has 0 aromatic heterocycles. The average Bonchev–Trinajstić information content (AvgIpc) is 2.00. The molecule has 0 spiro atoms. The van der Waals surface area contributed by atoms with Gasteiger partial charge in [-0.3, -0.25) is 4.79 Å². The van der Waals surface area contributed by atoms with Gasteiger partial charge in [0.05, 0.1) is 9.93 Å². The van der Waals surface area contributed by atoms with Crippen LogP contribution in [0.25, 0.3) is 0 Å². The molecular formula is C7H11INOPS. The van der Waals surface area contributed by atoms with Crippen molar-refractivity contribution in [2.75, 3.05) is 0 Å². The molecule has 0 rings (SSSR count). The highest BCUT2D eigenvalue weighted by Gasteiger charge is 2.04. The van der Waals surface area contributed by atoms with Gasteiger partial charge in [0.2, 0.25) is 0 Å². The van der Waals surface area contributed by atoms with Crippen molar-refractivity contribution in [3.05, 3.63) is 22.6 Å². The Bertz CT molecular complexity index is 217. The number of carbonyl (C=O) groups excluding carboxylic acids is 1. The zero-order chi connectivity index (χ0) is 9.56. The predicted octanol–water partition coefficient (Wildman–Crippen LogP) is 3.22. The molecule has 0 radical (unpaired) electrons. The van der Waals surface area contributed by atoms with Crippen LogP contribution in [0.4, 0.5) is 0 Å². The van der Waals surface area contributed by atoms with Gasteiger partial charge in [0.15, 0.2) is 5.78 Å². The Kier molecular flexibility index (Phi) is 7.19. The lowest BCUT2D eigenvalue weighted by atomic mass is 10.4. The smallest absolute Gasteiger partial charge is 0.166 e. The van der Waals surface area contributed by atoms with Gasteiger partial charge in [-0.05, 0) is 35.9 Å². The first-order valence-corrected chi connectivity index (χ1v) is 8.20. The van der Waals surface area contributed by atoms with E-state index in [2.05, 4.69) is 33.7 Å². The maximum Gasteiger partial charge on any atom is 0.166 e. The van der Waals surface area contributed by atoms with Gasteiger partial charge in [-0.2, -0.15) is 0 Å². The Labute approximate surface area is 92.0 Å². The van der Waals surface area contributed by atoms with Crippen molar-refractivity contribution in [1.82, 2.24) is 5.09 Å². The molecule has 0 aromatic rings. The lowest BCUT2D eigenvalue weighted by molar-refractivity contribution is -0.112. The molecule has 0 fully saturated rings. The topological polar surface area (TPSA) is 29.1 Å². The molecule has 1 unspecified atom stereocenters. The number of rotatable bonds is 5. The van der Waals surface area contributed by atoms with E-state index in [0.29, 0.717) is 6.37 Å². The molecule has 0 aliphatic rings.